The number of carbonyl (C=O) groups excluding carboxylic acids is 1. The summed E-state index contributed by atoms with van der Waals surface area (Å²) in [6, 6.07) is 7.72. The van der Waals surface area contributed by atoms with Crippen molar-refractivity contribution in [3.8, 4) is 28.5 Å². The first-order valence-electron chi connectivity index (χ1n) is 11.2. The van der Waals surface area contributed by atoms with Crippen LogP contribution >= 0.6 is 0 Å². The molecule has 0 N–H and O–H groups in total. The topological polar surface area (TPSA) is 99.2 Å². The Balaban J connectivity index is 1.48. The van der Waals surface area contributed by atoms with Crippen molar-refractivity contribution in [3.05, 3.63) is 59.9 Å². The molecule has 0 saturated carbocycles. The Hall–Kier alpha value is -4.29. The fourth-order valence-electron chi connectivity index (χ4n) is 4.33. The molecule has 0 radical (unpaired) electrons. The zero-order valence-electron chi connectivity index (χ0n) is 19.7. The van der Waals surface area contributed by atoms with E-state index in [1.54, 1.807) is 25.1 Å². The van der Waals surface area contributed by atoms with E-state index in [1.807, 2.05) is 0 Å². The minimum absolute atomic E-state index is 0.0443. The van der Waals surface area contributed by atoms with Crippen LogP contribution in [0.1, 0.15) is 23.9 Å². The average Bonchev–Trinajstić information content (AvgIpc) is 3.49. The molecular weight excluding hydrogens is 496 g/mol. The van der Waals surface area contributed by atoms with Gasteiger partial charge in [0.05, 0.1) is 24.6 Å². The number of nitrogens with zero attached hydrogens (tertiary/aromatic N) is 6. The second-order valence-electron chi connectivity index (χ2n) is 8.46. The molecule has 0 fully saturated rings. The third kappa shape index (κ3) is 4.76. The number of carbonyl (C=O) groups is 1. The highest BCUT2D eigenvalue weighted by Gasteiger charge is 2.40. The summed E-state index contributed by atoms with van der Waals surface area (Å²) in [6.07, 6.45) is -3.13. The standard InChI is InChI=1S/C24H20F4N6O3/c1-13-29-31-22(37-13)16-7-6-14(10-21(16)36-2)18-11-34(32-30-18)20-9-8-15-17(25)4-3-5-19(15)33(23(20)35)12-24(26,27)28/h3-7,10-11,20H,8-9,12H2,1-2H3/t20-/m0/s1. The van der Waals surface area contributed by atoms with Crippen LogP contribution in [0.5, 0.6) is 5.75 Å². The number of aryl methyl sites for hydroxylation is 1. The van der Waals surface area contributed by atoms with Gasteiger partial charge < -0.3 is 14.1 Å². The normalized spacial score (nSPS) is 16.0. The van der Waals surface area contributed by atoms with E-state index in [1.165, 1.54) is 30.1 Å². The van der Waals surface area contributed by atoms with Crippen molar-refractivity contribution in [2.24, 2.45) is 0 Å². The molecule has 13 heteroatoms. The predicted octanol–water partition coefficient (Wildman–Crippen LogP) is 4.53. The van der Waals surface area contributed by atoms with E-state index in [2.05, 4.69) is 20.5 Å². The monoisotopic (exact) mass is 516 g/mol. The van der Waals surface area contributed by atoms with Crippen LogP contribution < -0.4 is 9.64 Å². The Morgan fingerprint density at radius 2 is 1.97 bits per heavy atom. The molecule has 192 valence electrons. The molecule has 0 saturated heterocycles. The van der Waals surface area contributed by atoms with Gasteiger partial charge in [-0.1, -0.05) is 17.3 Å². The summed E-state index contributed by atoms with van der Waals surface area (Å²) in [6.45, 7) is 0.112. The molecule has 1 aliphatic rings. The van der Waals surface area contributed by atoms with Crippen LogP contribution in [-0.2, 0) is 11.2 Å². The van der Waals surface area contributed by atoms with Crippen molar-refractivity contribution >= 4 is 11.6 Å². The van der Waals surface area contributed by atoms with E-state index in [4.69, 9.17) is 9.15 Å². The first kappa shape index (κ1) is 24.4. The van der Waals surface area contributed by atoms with Gasteiger partial charge in [-0.2, -0.15) is 13.2 Å². The van der Waals surface area contributed by atoms with Gasteiger partial charge in [-0.3, -0.25) is 4.79 Å². The van der Waals surface area contributed by atoms with Crippen molar-refractivity contribution in [1.82, 2.24) is 25.2 Å². The number of hydrogen-bond acceptors (Lipinski definition) is 7. The SMILES string of the molecule is COc1cc(-c2cn([C@H]3CCc4c(F)cccc4N(CC(F)(F)F)C3=O)nn2)ccc1-c1nnc(C)o1. The van der Waals surface area contributed by atoms with Crippen molar-refractivity contribution in [3.63, 3.8) is 0 Å². The number of methoxy groups -OCH3 is 1. The van der Waals surface area contributed by atoms with Crippen LogP contribution in [0.2, 0.25) is 0 Å². The van der Waals surface area contributed by atoms with E-state index in [0.29, 0.717) is 33.4 Å². The number of aromatic nitrogens is 5. The maximum atomic E-state index is 14.5. The molecule has 2 aromatic carbocycles. The van der Waals surface area contributed by atoms with Gasteiger partial charge >= 0.3 is 6.18 Å². The number of alkyl halides is 3. The Kier molecular flexibility index (Phi) is 6.13. The quantitative estimate of drug-likeness (QED) is 0.359. The highest BCUT2D eigenvalue weighted by Crippen LogP contribution is 2.36. The molecule has 0 spiro atoms. The van der Waals surface area contributed by atoms with Crippen molar-refractivity contribution < 1.29 is 31.5 Å². The average molecular weight is 516 g/mol. The molecule has 1 atom stereocenters. The van der Waals surface area contributed by atoms with Gasteiger partial charge in [-0.05, 0) is 37.1 Å². The molecule has 0 aliphatic carbocycles. The van der Waals surface area contributed by atoms with Gasteiger partial charge in [-0.25, -0.2) is 9.07 Å². The summed E-state index contributed by atoms with van der Waals surface area (Å²) < 4.78 is 66.7. The molecule has 5 rings (SSSR count). The lowest BCUT2D eigenvalue weighted by molar-refractivity contribution is -0.134. The molecule has 4 aromatic rings. The molecule has 0 unspecified atom stereocenters. The number of halogens is 4. The molecule has 3 heterocycles. The Bertz CT molecular complexity index is 1460. The van der Waals surface area contributed by atoms with Crippen LogP contribution in [-0.4, -0.2) is 50.9 Å². The highest BCUT2D eigenvalue weighted by molar-refractivity contribution is 5.97. The fraction of sp³-hybridized carbons (Fsp3) is 0.292. The van der Waals surface area contributed by atoms with Crippen LogP contribution in [0.4, 0.5) is 23.2 Å². The van der Waals surface area contributed by atoms with Crippen LogP contribution in [0.25, 0.3) is 22.7 Å². The summed E-state index contributed by atoms with van der Waals surface area (Å²) in [5.41, 5.74) is 1.45. The lowest BCUT2D eigenvalue weighted by Crippen LogP contribution is -2.42. The van der Waals surface area contributed by atoms with Gasteiger partial charge in [0.15, 0.2) is 0 Å². The Morgan fingerprint density at radius 3 is 2.68 bits per heavy atom. The number of rotatable bonds is 5. The molecule has 1 amide bonds. The number of fused-ring (bicyclic) bond motifs is 1. The maximum Gasteiger partial charge on any atom is 0.406 e. The smallest absolute Gasteiger partial charge is 0.406 e. The molecule has 9 nitrogen and oxygen atoms in total. The third-order valence-electron chi connectivity index (χ3n) is 6.02. The van der Waals surface area contributed by atoms with E-state index in [0.717, 1.165) is 6.07 Å². The minimum atomic E-state index is -4.68. The summed E-state index contributed by atoms with van der Waals surface area (Å²) in [5, 5.41) is 15.9. The second-order valence-corrected chi connectivity index (χ2v) is 8.46. The first-order valence-corrected chi connectivity index (χ1v) is 11.2. The number of benzene rings is 2. The molecule has 1 aliphatic heterocycles. The summed E-state index contributed by atoms with van der Waals surface area (Å²) in [5.74, 6) is -0.439. The molecule has 37 heavy (non-hydrogen) atoms. The van der Waals surface area contributed by atoms with Gasteiger partial charge in [0.2, 0.25) is 5.89 Å². The number of hydrogen-bond donors (Lipinski definition) is 0. The summed E-state index contributed by atoms with van der Waals surface area (Å²) in [4.78, 5) is 13.9. The fourth-order valence-corrected chi connectivity index (χ4v) is 4.33. The highest BCUT2D eigenvalue weighted by atomic mass is 19.4. The maximum absolute atomic E-state index is 14.5. The zero-order chi connectivity index (χ0) is 26.3. The summed E-state index contributed by atoms with van der Waals surface area (Å²) >= 11 is 0. The predicted molar refractivity (Wildman–Crippen MR) is 122 cm³/mol. The number of anilines is 1. The van der Waals surface area contributed by atoms with Crippen molar-refractivity contribution in [2.45, 2.75) is 32.0 Å². The second kappa shape index (κ2) is 9.30. The van der Waals surface area contributed by atoms with E-state index >= 15 is 0 Å². The van der Waals surface area contributed by atoms with Crippen LogP contribution in [0.3, 0.4) is 0 Å². The number of ether oxygens (including phenoxy) is 1. The lowest BCUT2D eigenvalue weighted by atomic mass is 10.1. The van der Waals surface area contributed by atoms with Gasteiger partial charge in [0.25, 0.3) is 11.8 Å². The van der Waals surface area contributed by atoms with Crippen LogP contribution in [0, 0.1) is 12.7 Å². The Morgan fingerprint density at radius 1 is 1.16 bits per heavy atom. The molecule has 2 aromatic heterocycles. The van der Waals surface area contributed by atoms with E-state index in [-0.39, 0.29) is 30.0 Å². The van der Waals surface area contributed by atoms with Gasteiger partial charge in [-0.15, -0.1) is 15.3 Å². The molecule has 0 bridgehead atoms. The Labute approximate surface area is 207 Å². The number of amides is 1. The van der Waals surface area contributed by atoms with Crippen LogP contribution in [0.15, 0.2) is 47.0 Å². The third-order valence-corrected chi connectivity index (χ3v) is 6.02. The largest absolute Gasteiger partial charge is 0.496 e. The van der Waals surface area contributed by atoms with Crippen molar-refractivity contribution in [1.29, 1.82) is 0 Å². The van der Waals surface area contributed by atoms with E-state index < -0.39 is 30.5 Å². The van der Waals surface area contributed by atoms with Gasteiger partial charge in [0, 0.05) is 18.1 Å². The minimum Gasteiger partial charge on any atom is -0.496 e. The van der Waals surface area contributed by atoms with Gasteiger partial charge in [0.1, 0.15) is 29.8 Å². The molecular formula is C24H20F4N6O3. The lowest BCUT2D eigenvalue weighted by Gasteiger charge is -2.26. The first-order chi connectivity index (χ1) is 17.6. The zero-order valence-corrected chi connectivity index (χ0v) is 19.7. The van der Waals surface area contributed by atoms with E-state index in [9.17, 15) is 22.4 Å². The van der Waals surface area contributed by atoms with Crippen molar-refractivity contribution in [2.75, 3.05) is 18.6 Å². The summed E-state index contributed by atoms with van der Waals surface area (Å²) in [7, 11) is 1.47.